The number of rotatable bonds is 3. The molecule has 0 saturated carbocycles. The molecule has 1 aromatic heterocycles. The number of nitrogens with one attached hydrogen (secondary N) is 1. The van der Waals surface area contributed by atoms with E-state index in [4.69, 9.17) is 40.5 Å². The highest BCUT2D eigenvalue weighted by atomic mass is 35.5. The van der Waals surface area contributed by atoms with E-state index < -0.39 is 5.97 Å². The van der Waals surface area contributed by atoms with Gasteiger partial charge < -0.3 is 10.6 Å². The van der Waals surface area contributed by atoms with Gasteiger partial charge in [-0.15, -0.1) is 0 Å². The van der Waals surface area contributed by atoms with E-state index in [-0.39, 0.29) is 21.6 Å². The van der Waals surface area contributed by atoms with Crippen molar-refractivity contribution in [3.05, 3.63) is 50.7 Å². The van der Waals surface area contributed by atoms with Crippen LogP contribution in [0.25, 0.3) is 0 Å². The summed E-state index contributed by atoms with van der Waals surface area (Å²) in [6, 6.07) is 4.63. The second-order valence-corrected chi connectivity index (χ2v) is 4.82. The minimum absolute atomic E-state index is 0.0228. The molecule has 0 aliphatic heterocycles. The van der Waals surface area contributed by atoms with E-state index in [1.54, 1.807) is 12.1 Å². The van der Waals surface area contributed by atoms with Crippen LogP contribution in [-0.4, -0.2) is 22.0 Å². The molecular weight excluding hydrogens is 327 g/mol. The zero-order valence-electron chi connectivity index (χ0n) is 9.73. The first kappa shape index (κ1) is 14.6. The zero-order valence-corrected chi connectivity index (χ0v) is 12.0. The maximum atomic E-state index is 11.6. The van der Waals surface area contributed by atoms with Crippen molar-refractivity contribution in [3.63, 3.8) is 0 Å². The van der Waals surface area contributed by atoms with Gasteiger partial charge in [0.25, 0.3) is 0 Å². The lowest BCUT2D eigenvalue weighted by Crippen LogP contribution is -2.16. The van der Waals surface area contributed by atoms with Gasteiger partial charge in [0.2, 0.25) is 0 Å². The predicted molar refractivity (Wildman–Crippen MR) is 76.2 cm³/mol. The number of oxime groups is 1. The van der Waals surface area contributed by atoms with Gasteiger partial charge in [-0.3, -0.25) is 5.10 Å². The molecule has 0 fully saturated rings. The molecule has 0 radical (unpaired) electrons. The molecule has 20 heavy (non-hydrogen) atoms. The van der Waals surface area contributed by atoms with Crippen molar-refractivity contribution in [2.24, 2.45) is 10.9 Å². The molecule has 1 heterocycles. The maximum absolute atomic E-state index is 11.6. The standard InChI is InChI=1S/C11H7Cl3N4O2/c12-5-1-2-6(7(13)3-5)10(15)18-20-11(19)9-8(14)4-16-17-9/h1-4H,(H2,15,18)(H,16,17). The number of H-pyrrole nitrogens is 1. The van der Waals surface area contributed by atoms with Crippen LogP contribution >= 0.6 is 34.8 Å². The molecule has 2 aromatic rings. The Labute approximate surface area is 128 Å². The number of benzene rings is 1. The number of hydrogen-bond donors (Lipinski definition) is 2. The maximum Gasteiger partial charge on any atom is 0.384 e. The highest BCUT2D eigenvalue weighted by Crippen LogP contribution is 2.21. The van der Waals surface area contributed by atoms with Gasteiger partial charge in [-0.05, 0) is 18.2 Å². The number of carbonyl (C=O) groups is 1. The molecule has 104 valence electrons. The Morgan fingerprint density at radius 1 is 1.30 bits per heavy atom. The van der Waals surface area contributed by atoms with Gasteiger partial charge >= 0.3 is 5.97 Å². The molecule has 0 unspecified atom stereocenters. The summed E-state index contributed by atoms with van der Waals surface area (Å²) in [7, 11) is 0. The number of nitrogens with two attached hydrogens (primary N) is 1. The number of amidine groups is 1. The fourth-order valence-electron chi connectivity index (χ4n) is 1.30. The van der Waals surface area contributed by atoms with Crippen LogP contribution in [0.2, 0.25) is 15.1 Å². The van der Waals surface area contributed by atoms with Crippen LogP contribution < -0.4 is 5.73 Å². The van der Waals surface area contributed by atoms with Crippen molar-refractivity contribution in [2.75, 3.05) is 0 Å². The van der Waals surface area contributed by atoms with Gasteiger partial charge in [-0.2, -0.15) is 5.10 Å². The fourth-order valence-corrected chi connectivity index (χ4v) is 1.97. The number of aromatic nitrogens is 2. The molecule has 3 N–H and O–H groups in total. The number of carbonyl (C=O) groups excluding carboxylic acids is 1. The molecule has 9 heteroatoms. The summed E-state index contributed by atoms with van der Waals surface area (Å²) in [4.78, 5) is 16.3. The van der Waals surface area contributed by atoms with E-state index in [2.05, 4.69) is 20.2 Å². The summed E-state index contributed by atoms with van der Waals surface area (Å²) in [5, 5.41) is 10.3. The third-order valence-corrected chi connectivity index (χ3v) is 3.07. The van der Waals surface area contributed by atoms with Crippen molar-refractivity contribution in [1.82, 2.24) is 10.2 Å². The summed E-state index contributed by atoms with van der Waals surface area (Å²) < 4.78 is 0. The lowest BCUT2D eigenvalue weighted by Gasteiger charge is -2.03. The van der Waals surface area contributed by atoms with Crippen LogP contribution in [-0.2, 0) is 4.84 Å². The van der Waals surface area contributed by atoms with Crippen LogP contribution in [0.15, 0.2) is 29.6 Å². The Bertz CT molecular complexity index is 684. The Balaban J connectivity index is 2.15. The molecule has 0 atom stereocenters. The van der Waals surface area contributed by atoms with Crippen LogP contribution in [0.5, 0.6) is 0 Å². The lowest BCUT2D eigenvalue weighted by molar-refractivity contribution is 0.0509. The van der Waals surface area contributed by atoms with Crippen LogP contribution in [0.4, 0.5) is 0 Å². The predicted octanol–water partition coefficient (Wildman–Crippen LogP) is 2.85. The molecule has 0 spiro atoms. The van der Waals surface area contributed by atoms with E-state index in [1.165, 1.54) is 12.3 Å². The van der Waals surface area contributed by atoms with Crippen LogP contribution in [0, 0.1) is 0 Å². The SMILES string of the molecule is N/C(=N\OC(=O)c1[nH]ncc1Cl)c1ccc(Cl)cc1Cl. The van der Waals surface area contributed by atoms with Gasteiger partial charge in [-0.1, -0.05) is 40.0 Å². The second-order valence-electron chi connectivity index (χ2n) is 3.57. The van der Waals surface area contributed by atoms with Gasteiger partial charge in [0.15, 0.2) is 11.5 Å². The topological polar surface area (TPSA) is 93.4 Å². The Morgan fingerprint density at radius 2 is 2.05 bits per heavy atom. The van der Waals surface area contributed by atoms with Crippen LogP contribution in [0.1, 0.15) is 16.1 Å². The van der Waals surface area contributed by atoms with E-state index in [9.17, 15) is 4.79 Å². The molecule has 0 aliphatic rings. The van der Waals surface area contributed by atoms with Gasteiger partial charge in [0, 0.05) is 10.6 Å². The zero-order chi connectivity index (χ0) is 14.7. The van der Waals surface area contributed by atoms with Crippen molar-refractivity contribution in [1.29, 1.82) is 0 Å². The first-order valence-corrected chi connectivity index (χ1v) is 6.31. The van der Waals surface area contributed by atoms with Gasteiger partial charge in [0.1, 0.15) is 0 Å². The van der Waals surface area contributed by atoms with E-state index in [0.717, 1.165) is 0 Å². The van der Waals surface area contributed by atoms with Gasteiger partial charge in [0.05, 0.1) is 16.2 Å². The summed E-state index contributed by atoms with van der Waals surface area (Å²) in [5.41, 5.74) is 6.04. The van der Waals surface area contributed by atoms with E-state index in [0.29, 0.717) is 10.6 Å². The van der Waals surface area contributed by atoms with Crippen molar-refractivity contribution in [2.45, 2.75) is 0 Å². The Morgan fingerprint density at radius 3 is 2.65 bits per heavy atom. The third kappa shape index (κ3) is 3.22. The van der Waals surface area contributed by atoms with Crippen molar-refractivity contribution in [3.8, 4) is 0 Å². The highest BCUT2D eigenvalue weighted by molar-refractivity contribution is 6.37. The molecular formula is C11H7Cl3N4O2. The minimum atomic E-state index is -0.819. The molecule has 1 aromatic carbocycles. The minimum Gasteiger partial charge on any atom is -0.380 e. The monoisotopic (exact) mass is 332 g/mol. The average molecular weight is 334 g/mol. The Kier molecular flexibility index (Phi) is 4.49. The van der Waals surface area contributed by atoms with Crippen molar-refractivity contribution >= 4 is 46.6 Å². The number of halogens is 3. The normalized spacial score (nSPS) is 11.4. The molecule has 0 bridgehead atoms. The smallest absolute Gasteiger partial charge is 0.380 e. The number of hydrogen-bond acceptors (Lipinski definition) is 4. The fraction of sp³-hybridized carbons (Fsp3) is 0. The van der Waals surface area contributed by atoms with Crippen LogP contribution in [0.3, 0.4) is 0 Å². The largest absolute Gasteiger partial charge is 0.384 e. The molecule has 6 nitrogen and oxygen atoms in total. The summed E-state index contributed by atoms with van der Waals surface area (Å²) in [6.45, 7) is 0. The molecule has 0 amide bonds. The lowest BCUT2D eigenvalue weighted by atomic mass is 10.2. The number of aromatic amines is 1. The molecule has 0 saturated heterocycles. The molecule has 0 aliphatic carbocycles. The number of nitrogens with zero attached hydrogens (tertiary/aromatic N) is 2. The van der Waals surface area contributed by atoms with Crippen molar-refractivity contribution < 1.29 is 9.63 Å². The van der Waals surface area contributed by atoms with Gasteiger partial charge in [-0.25, -0.2) is 4.79 Å². The summed E-state index contributed by atoms with van der Waals surface area (Å²) in [6.07, 6.45) is 1.27. The quantitative estimate of drug-likeness (QED) is 0.391. The molecule has 2 rings (SSSR count). The highest BCUT2D eigenvalue weighted by Gasteiger charge is 2.15. The first-order chi connectivity index (χ1) is 9.49. The summed E-state index contributed by atoms with van der Waals surface area (Å²) >= 11 is 17.4. The Hall–Kier alpha value is -1.76. The van der Waals surface area contributed by atoms with E-state index >= 15 is 0 Å². The summed E-state index contributed by atoms with van der Waals surface area (Å²) in [5.74, 6) is -0.892. The first-order valence-electron chi connectivity index (χ1n) is 5.18. The third-order valence-electron chi connectivity index (χ3n) is 2.23. The van der Waals surface area contributed by atoms with E-state index in [1.807, 2.05) is 0 Å². The second kappa shape index (κ2) is 6.13. The average Bonchev–Trinajstić information content (AvgIpc) is 2.82.